The molecular weight excluding hydrogens is 238 g/mol. The van der Waals surface area contributed by atoms with Gasteiger partial charge in [0.1, 0.15) is 0 Å². The number of hydrogen-bond donors (Lipinski definition) is 2. The van der Waals surface area contributed by atoms with Crippen molar-refractivity contribution in [2.75, 3.05) is 20.2 Å². The highest BCUT2D eigenvalue weighted by atomic mass is 16.5. The maximum Gasteiger partial charge on any atom is 0.0914 e. The number of methoxy groups -OCH3 is 1. The van der Waals surface area contributed by atoms with Crippen LogP contribution < -0.4 is 5.32 Å². The van der Waals surface area contributed by atoms with Crippen LogP contribution in [0, 0.1) is 0 Å². The predicted octanol–water partition coefficient (Wildman–Crippen LogP) is 2.50. The molecule has 0 radical (unpaired) electrons. The fourth-order valence-electron chi connectivity index (χ4n) is 2.04. The Kier molecular flexibility index (Phi) is 4.91. The van der Waals surface area contributed by atoms with E-state index in [1.54, 1.807) is 7.11 Å². The Hall–Kier alpha value is -1.42. The molecule has 0 aliphatic heterocycles. The second-order valence-corrected chi connectivity index (χ2v) is 4.83. The first-order chi connectivity index (χ1) is 9.20. The van der Waals surface area contributed by atoms with Gasteiger partial charge in [-0.2, -0.15) is 0 Å². The van der Waals surface area contributed by atoms with Crippen LogP contribution in [0.5, 0.6) is 0 Å². The molecule has 3 heteroatoms. The van der Waals surface area contributed by atoms with Crippen molar-refractivity contribution in [3.8, 4) is 0 Å². The number of rotatable bonds is 6. The molecule has 0 saturated heterocycles. The van der Waals surface area contributed by atoms with Crippen LogP contribution in [0.2, 0.25) is 0 Å². The summed E-state index contributed by atoms with van der Waals surface area (Å²) in [6, 6.07) is 14.2. The molecule has 2 atom stereocenters. The second kappa shape index (κ2) is 6.66. The Balaban J connectivity index is 1.99. The second-order valence-electron chi connectivity index (χ2n) is 4.83. The molecule has 19 heavy (non-hydrogen) atoms. The minimum Gasteiger partial charge on any atom is -0.387 e. The first kappa shape index (κ1) is 14.0. The highest BCUT2D eigenvalue weighted by Crippen LogP contribution is 2.19. The van der Waals surface area contributed by atoms with E-state index in [-0.39, 0.29) is 6.10 Å². The molecule has 0 aliphatic rings. The average molecular weight is 259 g/mol. The molecule has 2 unspecified atom stereocenters. The lowest BCUT2D eigenvalue weighted by molar-refractivity contribution is 0.109. The van der Waals surface area contributed by atoms with Crippen molar-refractivity contribution in [3.05, 3.63) is 48.0 Å². The van der Waals surface area contributed by atoms with Crippen molar-refractivity contribution in [2.24, 2.45) is 0 Å². The van der Waals surface area contributed by atoms with Gasteiger partial charge in [-0.3, -0.25) is 0 Å². The summed E-state index contributed by atoms with van der Waals surface area (Å²) in [4.78, 5) is 0. The number of fused-ring (bicyclic) bond motifs is 1. The van der Waals surface area contributed by atoms with Crippen molar-refractivity contribution in [1.29, 1.82) is 0 Å². The lowest BCUT2D eigenvalue weighted by Gasteiger charge is -2.15. The summed E-state index contributed by atoms with van der Waals surface area (Å²) in [5.41, 5.74) is 0.941. The summed E-state index contributed by atoms with van der Waals surface area (Å²) in [5, 5.41) is 15.7. The maximum absolute atomic E-state index is 10.2. The highest BCUT2D eigenvalue weighted by Gasteiger charge is 2.08. The molecule has 3 nitrogen and oxygen atoms in total. The van der Waals surface area contributed by atoms with Gasteiger partial charge < -0.3 is 15.2 Å². The molecule has 102 valence electrons. The van der Waals surface area contributed by atoms with E-state index in [0.717, 1.165) is 17.5 Å². The van der Waals surface area contributed by atoms with Gasteiger partial charge in [0.05, 0.1) is 12.2 Å². The van der Waals surface area contributed by atoms with Gasteiger partial charge in [-0.05, 0) is 29.3 Å². The van der Waals surface area contributed by atoms with Gasteiger partial charge in [-0.25, -0.2) is 0 Å². The largest absolute Gasteiger partial charge is 0.387 e. The molecule has 0 spiro atoms. The summed E-state index contributed by atoms with van der Waals surface area (Å²) in [7, 11) is 1.69. The topological polar surface area (TPSA) is 41.5 Å². The predicted molar refractivity (Wildman–Crippen MR) is 78.2 cm³/mol. The zero-order valence-electron chi connectivity index (χ0n) is 11.5. The van der Waals surface area contributed by atoms with Crippen molar-refractivity contribution in [2.45, 2.75) is 19.1 Å². The maximum atomic E-state index is 10.2. The molecule has 0 saturated carbocycles. The lowest BCUT2D eigenvalue weighted by Crippen LogP contribution is -2.29. The van der Waals surface area contributed by atoms with E-state index in [0.29, 0.717) is 6.54 Å². The molecule has 0 amide bonds. The third-order valence-electron chi connectivity index (χ3n) is 3.33. The first-order valence-electron chi connectivity index (χ1n) is 6.61. The van der Waals surface area contributed by atoms with E-state index >= 15 is 0 Å². The minimum absolute atomic E-state index is 0.156. The van der Waals surface area contributed by atoms with Crippen LogP contribution in [0.25, 0.3) is 10.8 Å². The van der Waals surface area contributed by atoms with Crippen LogP contribution in [0.15, 0.2) is 42.5 Å². The third-order valence-corrected chi connectivity index (χ3v) is 3.33. The Morgan fingerprint density at radius 3 is 2.58 bits per heavy atom. The van der Waals surface area contributed by atoms with Gasteiger partial charge in [0, 0.05) is 20.2 Å². The number of nitrogens with one attached hydrogen (secondary N) is 1. The lowest BCUT2D eigenvalue weighted by atomic mass is 10.0. The highest BCUT2D eigenvalue weighted by molar-refractivity contribution is 5.83. The zero-order valence-corrected chi connectivity index (χ0v) is 11.5. The number of benzene rings is 2. The normalized spacial score (nSPS) is 14.5. The van der Waals surface area contributed by atoms with E-state index < -0.39 is 6.10 Å². The van der Waals surface area contributed by atoms with Crippen molar-refractivity contribution in [1.82, 2.24) is 5.32 Å². The molecular formula is C16H21NO2. The quantitative estimate of drug-likeness (QED) is 0.837. The van der Waals surface area contributed by atoms with Crippen LogP contribution >= 0.6 is 0 Å². The Labute approximate surface area is 114 Å². The molecule has 0 bridgehead atoms. The molecule has 2 aromatic carbocycles. The average Bonchev–Trinajstić information content (AvgIpc) is 2.46. The zero-order chi connectivity index (χ0) is 13.7. The molecule has 2 rings (SSSR count). The van der Waals surface area contributed by atoms with Gasteiger partial charge in [-0.15, -0.1) is 0 Å². The Bertz CT molecular complexity index is 527. The number of aliphatic hydroxyl groups is 1. The number of ether oxygens (including phenoxy) is 1. The number of hydrogen-bond acceptors (Lipinski definition) is 3. The molecule has 2 N–H and O–H groups in total. The van der Waals surface area contributed by atoms with E-state index in [2.05, 4.69) is 17.4 Å². The SMILES string of the molecule is COC(C)CNCC(O)c1ccc2ccccc2c1. The third kappa shape index (κ3) is 3.77. The minimum atomic E-state index is -0.492. The van der Waals surface area contributed by atoms with E-state index in [1.165, 1.54) is 5.39 Å². The standard InChI is InChI=1S/C16H21NO2/c1-12(19-2)10-17-11-16(18)15-8-7-13-5-3-4-6-14(13)9-15/h3-9,12,16-18H,10-11H2,1-2H3. The van der Waals surface area contributed by atoms with Gasteiger partial charge in [0.2, 0.25) is 0 Å². The molecule has 0 aromatic heterocycles. The summed E-state index contributed by atoms with van der Waals surface area (Å²) < 4.78 is 5.15. The fraction of sp³-hybridized carbons (Fsp3) is 0.375. The van der Waals surface area contributed by atoms with Crippen LogP contribution in [-0.4, -0.2) is 31.4 Å². The van der Waals surface area contributed by atoms with Crippen molar-refractivity contribution >= 4 is 10.8 Å². The Morgan fingerprint density at radius 2 is 1.84 bits per heavy atom. The van der Waals surface area contributed by atoms with Crippen LogP contribution in [-0.2, 0) is 4.74 Å². The van der Waals surface area contributed by atoms with E-state index in [4.69, 9.17) is 4.74 Å². The van der Waals surface area contributed by atoms with Crippen molar-refractivity contribution in [3.63, 3.8) is 0 Å². The summed E-state index contributed by atoms with van der Waals surface area (Å²) >= 11 is 0. The summed E-state index contributed by atoms with van der Waals surface area (Å²) in [6.07, 6.45) is -0.336. The molecule has 0 fully saturated rings. The van der Waals surface area contributed by atoms with E-state index in [1.807, 2.05) is 37.3 Å². The monoisotopic (exact) mass is 259 g/mol. The smallest absolute Gasteiger partial charge is 0.0914 e. The molecule has 0 heterocycles. The van der Waals surface area contributed by atoms with Crippen LogP contribution in [0.4, 0.5) is 0 Å². The van der Waals surface area contributed by atoms with Gasteiger partial charge in [0.15, 0.2) is 0 Å². The summed E-state index contributed by atoms with van der Waals surface area (Å²) in [5.74, 6) is 0. The number of aliphatic hydroxyl groups excluding tert-OH is 1. The van der Waals surface area contributed by atoms with Gasteiger partial charge in [-0.1, -0.05) is 36.4 Å². The molecule has 0 aliphatic carbocycles. The van der Waals surface area contributed by atoms with E-state index in [9.17, 15) is 5.11 Å². The van der Waals surface area contributed by atoms with Gasteiger partial charge >= 0.3 is 0 Å². The first-order valence-corrected chi connectivity index (χ1v) is 6.61. The van der Waals surface area contributed by atoms with Crippen LogP contribution in [0.3, 0.4) is 0 Å². The molecule has 2 aromatic rings. The fourth-order valence-corrected chi connectivity index (χ4v) is 2.04. The Morgan fingerprint density at radius 1 is 1.11 bits per heavy atom. The van der Waals surface area contributed by atoms with Crippen molar-refractivity contribution < 1.29 is 9.84 Å². The van der Waals surface area contributed by atoms with Gasteiger partial charge in [0.25, 0.3) is 0 Å². The summed E-state index contributed by atoms with van der Waals surface area (Å²) in [6.45, 7) is 3.27. The van der Waals surface area contributed by atoms with Crippen LogP contribution in [0.1, 0.15) is 18.6 Å².